The maximum absolute atomic E-state index is 11.7. The summed E-state index contributed by atoms with van der Waals surface area (Å²) >= 11 is 0.948. The smallest absolute Gasteiger partial charge is 0.305 e. The Bertz CT molecular complexity index is 914. The van der Waals surface area contributed by atoms with Crippen LogP contribution >= 0.6 is 11.3 Å². The van der Waals surface area contributed by atoms with Crippen molar-refractivity contribution in [3.63, 3.8) is 0 Å². The number of hydrogen-bond donors (Lipinski definition) is 0. The molecule has 0 saturated carbocycles. The summed E-state index contributed by atoms with van der Waals surface area (Å²) in [6, 6.07) is 1.09. The average molecular weight is 401 g/mol. The minimum Gasteiger partial charge on any atom is -0.355 e. The van der Waals surface area contributed by atoms with E-state index in [9.17, 15) is 18.5 Å². The number of aromatic nitrogens is 2. The first-order chi connectivity index (χ1) is 12.2. The van der Waals surface area contributed by atoms with Gasteiger partial charge in [0.2, 0.25) is 5.89 Å². The van der Waals surface area contributed by atoms with Crippen LogP contribution in [0.1, 0.15) is 24.7 Å². The third-order valence-electron chi connectivity index (χ3n) is 4.28. The summed E-state index contributed by atoms with van der Waals surface area (Å²) < 4.78 is 28.7. The summed E-state index contributed by atoms with van der Waals surface area (Å²) in [5, 5.41) is 15.5. The topological polar surface area (TPSA) is 123 Å². The SMILES string of the molecule is Cc1noc(C(C)N2CCN(c3sc(S(C)(=O)=O)cc3[N+](=O)[O-])CC2)n1. The van der Waals surface area contributed by atoms with Crippen LogP contribution in [0.15, 0.2) is 14.8 Å². The molecule has 26 heavy (non-hydrogen) atoms. The molecule has 1 aliphatic heterocycles. The Labute approximate surface area is 154 Å². The fraction of sp³-hybridized carbons (Fsp3) is 0.571. The summed E-state index contributed by atoms with van der Waals surface area (Å²) in [4.78, 5) is 19.0. The van der Waals surface area contributed by atoms with Crippen LogP contribution in [0.5, 0.6) is 0 Å². The van der Waals surface area contributed by atoms with Crippen LogP contribution in [-0.4, -0.2) is 60.8 Å². The zero-order chi connectivity index (χ0) is 19.1. The maximum atomic E-state index is 11.7. The molecule has 1 atom stereocenters. The highest BCUT2D eigenvalue weighted by molar-refractivity contribution is 7.92. The molecule has 12 heteroatoms. The molecule has 142 valence electrons. The van der Waals surface area contributed by atoms with Gasteiger partial charge in [-0.1, -0.05) is 16.5 Å². The molecule has 1 unspecified atom stereocenters. The molecule has 10 nitrogen and oxygen atoms in total. The second kappa shape index (κ2) is 6.93. The third kappa shape index (κ3) is 3.71. The first-order valence-corrected chi connectivity index (χ1v) is 10.6. The van der Waals surface area contributed by atoms with E-state index in [1.54, 1.807) is 6.92 Å². The van der Waals surface area contributed by atoms with Crippen LogP contribution in [0.4, 0.5) is 10.7 Å². The van der Waals surface area contributed by atoms with Gasteiger partial charge in [0.1, 0.15) is 4.21 Å². The Kier molecular flexibility index (Phi) is 4.99. The molecule has 3 heterocycles. The largest absolute Gasteiger partial charge is 0.355 e. The summed E-state index contributed by atoms with van der Waals surface area (Å²) in [7, 11) is -3.49. The Morgan fingerprint density at radius 2 is 2.00 bits per heavy atom. The van der Waals surface area contributed by atoms with Crippen LogP contribution in [0.25, 0.3) is 0 Å². The van der Waals surface area contributed by atoms with Gasteiger partial charge in [-0.2, -0.15) is 4.98 Å². The number of hydrogen-bond acceptors (Lipinski definition) is 10. The maximum Gasteiger partial charge on any atom is 0.305 e. The van der Waals surface area contributed by atoms with E-state index in [1.165, 1.54) is 0 Å². The van der Waals surface area contributed by atoms with Crippen LogP contribution in [0, 0.1) is 17.0 Å². The first kappa shape index (κ1) is 18.7. The van der Waals surface area contributed by atoms with Crippen molar-refractivity contribution in [1.29, 1.82) is 0 Å². The molecule has 2 aromatic heterocycles. The van der Waals surface area contributed by atoms with Gasteiger partial charge in [0, 0.05) is 38.5 Å². The Morgan fingerprint density at radius 1 is 1.35 bits per heavy atom. The van der Waals surface area contributed by atoms with Crippen molar-refractivity contribution >= 4 is 31.9 Å². The zero-order valence-corrected chi connectivity index (χ0v) is 16.2. The molecule has 1 fully saturated rings. The van der Waals surface area contributed by atoms with Crippen molar-refractivity contribution in [2.24, 2.45) is 0 Å². The number of nitro groups is 1. The van der Waals surface area contributed by atoms with Gasteiger partial charge >= 0.3 is 5.69 Å². The van der Waals surface area contributed by atoms with Crippen molar-refractivity contribution < 1.29 is 17.9 Å². The van der Waals surface area contributed by atoms with Crippen LogP contribution < -0.4 is 4.90 Å². The molecule has 1 aliphatic rings. The predicted molar refractivity (Wildman–Crippen MR) is 95.3 cm³/mol. The Hall–Kier alpha value is -2.05. The van der Waals surface area contributed by atoms with E-state index in [0.29, 0.717) is 42.9 Å². The highest BCUT2D eigenvalue weighted by atomic mass is 32.2. The number of nitrogens with zero attached hydrogens (tertiary/aromatic N) is 5. The van der Waals surface area contributed by atoms with E-state index in [4.69, 9.17) is 4.52 Å². The van der Waals surface area contributed by atoms with E-state index in [-0.39, 0.29) is 15.9 Å². The molecule has 0 radical (unpaired) electrons. The lowest BCUT2D eigenvalue weighted by atomic mass is 10.2. The van der Waals surface area contributed by atoms with Crippen molar-refractivity contribution in [3.05, 3.63) is 27.9 Å². The van der Waals surface area contributed by atoms with Crippen molar-refractivity contribution in [2.45, 2.75) is 24.1 Å². The fourth-order valence-corrected chi connectivity index (χ4v) is 4.92. The summed E-state index contributed by atoms with van der Waals surface area (Å²) in [5.74, 6) is 1.12. The van der Waals surface area contributed by atoms with E-state index in [2.05, 4.69) is 15.0 Å². The molecule has 2 aromatic rings. The van der Waals surface area contributed by atoms with Crippen LogP contribution in [0.3, 0.4) is 0 Å². The van der Waals surface area contributed by atoms with Gasteiger partial charge in [-0.05, 0) is 13.8 Å². The Balaban J connectivity index is 1.75. The number of piperazine rings is 1. The molecule has 3 rings (SSSR count). The van der Waals surface area contributed by atoms with Gasteiger partial charge in [-0.3, -0.25) is 15.0 Å². The fourth-order valence-electron chi connectivity index (χ4n) is 2.84. The average Bonchev–Trinajstić information content (AvgIpc) is 3.20. The normalized spacial score (nSPS) is 17.4. The lowest BCUT2D eigenvalue weighted by Gasteiger charge is -2.36. The molecular formula is C14H19N5O5S2. The highest BCUT2D eigenvalue weighted by Crippen LogP contribution is 2.40. The van der Waals surface area contributed by atoms with Gasteiger partial charge in [0.25, 0.3) is 0 Å². The van der Waals surface area contributed by atoms with Gasteiger partial charge in [-0.25, -0.2) is 8.42 Å². The number of aryl methyl sites for hydroxylation is 1. The number of thiophene rings is 1. The Morgan fingerprint density at radius 3 is 2.50 bits per heavy atom. The molecule has 0 spiro atoms. The molecular weight excluding hydrogens is 382 g/mol. The lowest BCUT2D eigenvalue weighted by molar-refractivity contribution is -0.383. The van der Waals surface area contributed by atoms with Gasteiger partial charge in [0.05, 0.1) is 11.0 Å². The van der Waals surface area contributed by atoms with Crippen LogP contribution in [-0.2, 0) is 9.84 Å². The molecule has 0 amide bonds. The van der Waals surface area contributed by atoms with Crippen LogP contribution in [0.2, 0.25) is 0 Å². The van der Waals surface area contributed by atoms with Gasteiger partial charge in [-0.15, -0.1) is 0 Å². The molecule has 1 saturated heterocycles. The molecule has 0 aromatic carbocycles. The number of rotatable bonds is 5. The predicted octanol–water partition coefficient (Wildman–Crippen LogP) is 1.63. The van der Waals surface area contributed by atoms with Crippen molar-refractivity contribution in [3.8, 4) is 0 Å². The minimum absolute atomic E-state index is 0.0105. The monoisotopic (exact) mass is 401 g/mol. The van der Waals surface area contributed by atoms with E-state index in [0.717, 1.165) is 23.7 Å². The van der Waals surface area contributed by atoms with Crippen molar-refractivity contribution in [2.75, 3.05) is 37.3 Å². The number of anilines is 1. The summed E-state index contributed by atoms with van der Waals surface area (Å²) in [6.07, 6.45) is 1.05. The molecule has 0 aliphatic carbocycles. The van der Waals surface area contributed by atoms with Gasteiger partial charge < -0.3 is 9.42 Å². The van der Waals surface area contributed by atoms with E-state index in [1.807, 2.05) is 11.8 Å². The second-order valence-electron chi connectivity index (χ2n) is 6.16. The summed E-state index contributed by atoms with van der Waals surface area (Å²) in [5.41, 5.74) is -0.163. The summed E-state index contributed by atoms with van der Waals surface area (Å²) in [6.45, 7) is 6.10. The second-order valence-corrected chi connectivity index (χ2v) is 9.44. The quantitative estimate of drug-likeness (QED) is 0.543. The molecule has 0 bridgehead atoms. The van der Waals surface area contributed by atoms with Gasteiger partial charge in [0.15, 0.2) is 20.7 Å². The lowest BCUT2D eigenvalue weighted by Crippen LogP contribution is -2.47. The van der Waals surface area contributed by atoms with Crippen molar-refractivity contribution in [1.82, 2.24) is 15.0 Å². The standard InChI is InChI=1S/C14H19N5O5S2/c1-9(13-15-10(2)16-24-13)17-4-6-18(7-5-17)14-11(19(20)21)8-12(25-14)26(3,22)23/h8-9H,4-7H2,1-3H3. The number of sulfone groups is 1. The first-order valence-electron chi connectivity index (χ1n) is 7.94. The third-order valence-corrected chi connectivity index (χ3v) is 7.27. The van der Waals surface area contributed by atoms with E-state index >= 15 is 0 Å². The van der Waals surface area contributed by atoms with E-state index < -0.39 is 14.8 Å². The minimum atomic E-state index is -3.49. The molecule has 0 N–H and O–H groups in total. The zero-order valence-electron chi connectivity index (χ0n) is 14.6. The highest BCUT2D eigenvalue weighted by Gasteiger charge is 2.31.